The van der Waals surface area contributed by atoms with Crippen LogP contribution in [0.3, 0.4) is 0 Å². The average Bonchev–Trinajstić information content (AvgIpc) is 3.29. The first-order valence-electron chi connectivity index (χ1n) is 11.2. The van der Waals surface area contributed by atoms with E-state index in [1.54, 1.807) is 0 Å². The largest absolute Gasteiger partial charge is 0.357 e. The summed E-state index contributed by atoms with van der Waals surface area (Å²) in [5.74, 6) is 1.55. The number of aliphatic imine (C=N–C) groups is 1. The maximum Gasteiger partial charge on any atom is 0.225 e. The van der Waals surface area contributed by atoms with E-state index in [-0.39, 0.29) is 24.0 Å². The van der Waals surface area contributed by atoms with Crippen LogP contribution >= 0.6 is 24.0 Å². The molecule has 1 amide bonds. The highest BCUT2D eigenvalue weighted by Gasteiger charge is 2.29. The number of guanidine groups is 1. The van der Waals surface area contributed by atoms with Gasteiger partial charge in [-0.2, -0.15) is 0 Å². The smallest absolute Gasteiger partial charge is 0.225 e. The van der Waals surface area contributed by atoms with Crippen molar-refractivity contribution < 1.29 is 4.79 Å². The SMILES string of the molecule is CCNC(=NCCN1CCN(C(=O)C2CCCC2)CC1)NCCc1ccccn1.I. The number of nitrogens with one attached hydrogen (secondary N) is 2. The Kier molecular flexibility index (Phi) is 11.4. The monoisotopic (exact) mass is 528 g/mol. The van der Waals surface area contributed by atoms with Crippen LogP contribution in [0.25, 0.3) is 0 Å². The Balaban J connectivity index is 0.00000320. The molecule has 7 nitrogen and oxygen atoms in total. The van der Waals surface area contributed by atoms with E-state index in [2.05, 4.69) is 32.3 Å². The molecule has 0 bridgehead atoms. The molecule has 1 aromatic rings. The van der Waals surface area contributed by atoms with Crippen molar-refractivity contribution in [3.8, 4) is 0 Å². The maximum atomic E-state index is 12.5. The summed E-state index contributed by atoms with van der Waals surface area (Å²) in [5.41, 5.74) is 1.08. The standard InChI is InChI=1S/C22H36N6O.HI/c1-2-23-22(25-12-10-20-9-5-6-11-24-20)26-13-14-27-15-17-28(18-16-27)21(29)19-7-3-4-8-19;/h5-6,9,11,19H,2-4,7-8,10,12-18H2,1H3,(H2,23,25,26);1H. The predicted molar refractivity (Wildman–Crippen MR) is 132 cm³/mol. The predicted octanol–water partition coefficient (Wildman–Crippen LogP) is 2.13. The van der Waals surface area contributed by atoms with Gasteiger partial charge in [0.15, 0.2) is 5.96 Å². The Bertz CT molecular complexity index is 642. The number of rotatable bonds is 8. The molecule has 2 heterocycles. The van der Waals surface area contributed by atoms with Crippen LogP contribution in [0.1, 0.15) is 38.3 Å². The van der Waals surface area contributed by atoms with E-state index < -0.39 is 0 Å². The molecule has 8 heteroatoms. The van der Waals surface area contributed by atoms with Gasteiger partial charge in [-0.05, 0) is 31.9 Å². The summed E-state index contributed by atoms with van der Waals surface area (Å²) in [6, 6.07) is 6.00. The van der Waals surface area contributed by atoms with Gasteiger partial charge in [-0.15, -0.1) is 24.0 Å². The molecule has 2 N–H and O–H groups in total. The number of piperazine rings is 1. The fraction of sp³-hybridized carbons (Fsp3) is 0.682. The first kappa shape index (κ1) is 24.8. The number of nitrogens with zero attached hydrogens (tertiary/aromatic N) is 4. The highest BCUT2D eigenvalue weighted by Crippen LogP contribution is 2.26. The van der Waals surface area contributed by atoms with Crippen LogP contribution in [0.15, 0.2) is 29.4 Å². The molecule has 0 unspecified atom stereocenters. The maximum absolute atomic E-state index is 12.5. The molecule has 3 rings (SSSR count). The highest BCUT2D eigenvalue weighted by atomic mass is 127. The second-order valence-corrected chi connectivity index (χ2v) is 7.91. The van der Waals surface area contributed by atoms with Crippen molar-refractivity contribution in [3.63, 3.8) is 0 Å². The Labute approximate surface area is 198 Å². The van der Waals surface area contributed by atoms with E-state index >= 15 is 0 Å². The second kappa shape index (κ2) is 13.8. The molecule has 0 spiro atoms. The number of carbonyl (C=O) groups is 1. The first-order chi connectivity index (χ1) is 14.3. The van der Waals surface area contributed by atoms with Gasteiger partial charge in [0.25, 0.3) is 0 Å². The zero-order chi connectivity index (χ0) is 20.3. The van der Waals surface area contributed by atoms with Crippen LogP contribution in [0, 0.1) is 5.92 Å². The van der Waals surface area contributed by atoms with Gasteiger partial charge in [-0.1, -0.05) is 18.9 Å². The molecule has 2 aliphatic rings. The van der Waals surface area contributed by atoms with E-state index in [4.69, 9.17) is 4.99 Å². The molecule has 1 saturated carbocycles. The van der Waals surface area contributed by atoms with Crippen molar-refractivity contribution in [2.75, 3.05) is 52.4 Å². The van der Waals surface area contributed by atoms with E-state index in [0.29, 0.717) is 11.8 Å². The lowest BCUT2D eigenvalue weighted by atomic mass is 10.1. The molecule has 1 aliphatic carbocycles. The summed E-state index contributed by atoms with van der Waals surface area (Å²) >= 11 is 0. The number of halogens is 1. The minimum absolute atomic E-state index is 0. The minimum Gasteiger partial charge on any atom is -0.357 e. The summed E-state index contributed by atoms with van der Waals surface area (Å²) in [6.45, 7) is 9.06. The van der Waals surface area contributed by atoms with E-state index in [1.165, 1.54) is 12.8 Å². The van der Waals surface area contributed by atoms with E-state index in [9.17, 15) is 4.79 Å². The van der Waals surface area contributed by atoms with Crippen LogP contribution in [0.2, 0.25) is 0 Å². The Morgan fingerprint density at radius 3 is 2.60 bits per heavy atom. The van der Waals surface area contributed by atoms with Crippen molar-refractivity contribution in [1.82, 2.24) is 25.4 Å². The fourth-order valence-corrected chi connectivity index (χ4v) is 4.12. The third-order valence-corrected chi connectivity index (χ3v) is 5.82. The van der Waals surface area contributed by atoms with Gasteiger partial charge in [0, 0.05) is 70.0 Å². The summed E-state index contributed by atoms with van der Waals surface area (Å²) in [5, 5.41) is 6.69. The molecule has 1 saturated heterocycles. The van der Waals surface area contributed by atoms with Gasteiger partial charge in [-0.3, -0.25) is 19.7 Å². The van der Waals surface area contributed by atoms with Crippen LogP contribution < -0.4 is 10.6 Å². The number of aromatic nitrogens is 1. The average molecular weight is 528 g/mol. The summed E-state index contributed by atoms with van der Waals surface area (Å²) in [4.78, 5) is 26.1. The summed E-state index contributed by atoms with van der Waals surface area (Å²) in [6.07, 6.45) is 7.33. The van der Waals surface area contributed by atoms with E-state index in [0.717, 1.165) is 83.3 Å². The van der Waals surface area contributed by atoms with E-state index in [1.807, 2.05) is 24.4 Å². The van der Waals surface area contributed by atoms with Crippen LogP contribution in [0.4, 0.5) is 0 Å². The highest BCUT2D eigenvalue weighted by molar-refractivity contribution is 14.0. The van der Waals surface area contributed by atoms with Gasteiger partial charge >= 0.3 is 0 Å². The quantitative estimate of drug-likeness (QED) is 0.308. The van der Waals surface area contributed by atoms with Crippen molar-refractivity contribution in [1.29, 1.82) is 0 Å². The molecule has 0 radical (unpaired) electrons. The lowest BCUT2D eigenvalue weighted by molar-refractivity contribution is -0.137. The number of hydrogen-bond donors (Lipinski definition) is 2. The third kappa shape index (κ3) is 8.02. The van der Waals surface area contributed by atoms with Crippen molar-refractivity contribution in [3.05, 3.63) is 30.1 Å². The molecule has 30 heavy (non-hydrogen) atoms. The Morgan fingerprint density at radius 2 is 1.93 bits per heavy atom. The van der Waals surface area contributed by atoms with Crippen LogP contribution in [-0.2, 0) is 11.2 Å². The second-order valence-electron chi connectivity index (χ2n) is 7.91. The zero-order valence-electron chi connectivity index (χ0n) is 18.2. The molecule has 168 valence electrons. The van der Waals surface area contributed by atoms with Gasteiger partial charge in [0.05, 0.1) is 6.54 Å². The summed E-state index contributed by atoms with van der Waals surface area (Å²) < 4.78 is 0. The number of carbonyl (C=O) groups excluding carboxylic acids is 1. The molecule has 1 aromatic heterocycles. The van der Waals surface area contributed by atoms with Crippen molar-refractivity contribution >= 4 is 35.8 Å². The van der Waals surface area contributed by atoms with Gasteiger partial charge < -0.3 is 15.5 Å². The van der Waals surface area contributed by atoms with Crippen LogP contribution in [0.5, 0.6) is 0 Å². The van der Waals surface area contributed by atoms with Crippen molar-refractivity contribution in [2.24, 2.45) is 10.9 Å². The molecule has 0 atom stereocenters. The number of amides is 1. The molecule has 2 fully saturated rings. The van der Waals surface area contributed by atoms with Gasteiger partial charge in [-0.25, -0.2) is 0 Å². The van der Waals surface area contributed by atoms with Gasteiger partial charge in [0.2, 0.25) is 5.91 Å². The Hall–Kier alpha value is -1.42. The number of hydrogen-bond acceptors (Lipinski definition) is 4. The third-order valence-electron chi connectivity index (χ3n) is 5.82. The number of pyridine rings is 1. The minimum atomic E-state index is 0. The molecule has 1 aliphatic heterocycles. The summed E-state index contributed by atoms with van der Waals surface area (Å²) in [7, 11) is 0. The molecule has 0 aromatic carbocycles. The fourth-order valence-electron chi connectivity index (χ4n) is 4.12. The Morgan fingerprint density at radius 1 is 1.17 bits per heavy atom. The van der Waals surface area contributed by atoms with Crippen LogP contribution in [-0.4, -0.2) is 79.0 Å². The normalized spacial score (nSPS) is 18.2. The molecular weight excluding hydrogens is 491 g/mol. The zero-order valence-corrected chi connectivity index (χ0v) is 20.5. The lowest BCUT2D eigenvalue weighted by Gasteiger charge is -2.35. The molecular formula is C22H37IN6O. The van der Waals surface area contributed by atoms with Crippen molar-refractivity contribution in [2.45, 2.75) is 39.0 Å². The topological polar surface area (TPSA) is 72.9 Å². The first-order valence-corrected chi connectivity index (χ1v) is 11.2. The lowest BCUT2D eigenvalue weighted by Crippen LogP contribution is -2.50. The van der Waals surface area contributed by atoms with Gasteiger partial charge in [0.1, 0.15) is 0 Å².